The van der Waals surface area contributed by atoms with Crippen LogP contribution in [-0.4, -0.2) is 18.2 Å². The maximum absolute atomic E-state index is 5.26. The second-order valence-electron chi connectivity index (χ2n) is 2.65. The molecule has 4 heteroatoms. The molecule has 0 unspecified atom stereocenters. The van der Waals surface area contributed by atoms with Crippen LogP contribution in [-0.2, 0) is 0 Å². The van der Waals surface area contributed by atoms with Crippen LogP contribution in [0.15, 0.2) is 36.0 Å². The number of hydrogen-bond acceptors (Lipinski definition) is 3. The Morgan fingerprint density at radius 2 is 1.93 bits per heavy atom. The molecule has 74 valence electrons. The summed E-state index contributed by atoms with van der Waals surface area (Å²) in [6.45, 7) is 1.37. The first-order chi connectivity index (χ1) is 6.97. The first kappa shape index (κ1) is 9.15. The lowest BCUT2D eigenvalue weighted by atomic mass is 10.5. The van der Waals surface area contributed by atoms with Crippen molar-refractivity contribution in [2.45, 2.75) is 0 Å². The molecule has 3 heterocycles. The monoisotopic (exact) mass is 209 g/mol. The van der Waals surface area contributed by atoms with Crippen LogP contribution in [0.1, 0.15) is 0 Å². The van der Waals surface area contributed by atoms with Gasteiger partial charge in [-0.15, -0.1) is 11.3 Å². The van der Waals surface area contributed by atoms with E-state index in [0.717, 1.165) is 10.8 Å². The molecule has 0 spiro atoms. The Bertz CT molecular complexity index is 318. The van der Waals surface area contributed by atoms with Crippen molar-refractivity contribution < 1.29 is 9.47 Å². The van der Waals surface area contributed by atoms with Gasteiger partial charge in [0.1, 0.15) is 13.2 Å². The molecular formula is C10H11NO2S. The van der Waals surface area contributed by atoms with Gasteiger partial charge in [-0.1, -0.05) is 0 Å². The summed E-state index contributed by atoms with van der Waals surface area (Å²) < 4.78 is 10.5. The van der Waals surface area contributed by atoms with Crippen molar-refractivity contribution in [3.63, 3.8) is 0 Å². The molecule has 3 rings (SSSR count). The van der Waals surface area contributed by atoms with E-state index in [1.165, 1.54) is 0 Å². The highest BCUT2D eigenvalue weighted by molar-refractivity contribution is 7.12. The van der Waals surface area contributed by atoms with Crippen molar-refractivity contribution in [3.05, 3.63) is 36.0 Å². The van der Waals surface area contributed by atoms with E-state index in [2.05, 4.69) is 4.98 Å². The Labute approximate surface area is 86.3 Å². The molecule has 1 aliphatic heterocycles. The summed E-state index contributed by atoms with van der Waals surface area (Å²) in [5.41, 5.74) is 0. The van der Waals surface area contributed by atoms with Crippen LogP contribution in [0.3, 0.4) is 0 Å². The molecule has 3 nitrogen and oxygen atoms in total. The van der Waals surface area contributed by atoms with Gasteiger partial charge in [0.2, 0.25) is 5.06 Å². The lowest BCUT2D eigenvalue weighted by Gasteiger charge is -2.13. The van der Waals surface area contributed by atoms with Gasteiger partial charge in [-0.05, 0) is 23.6 Å². The number of rotatable bonds is 0. The van der Waals surface area contributed by atoms with Gasteiger partial charge in [0.05, 0.1) is 0 Å². The van der Waals surface area contributed by atoms with Crippen molar-refractivity contribution in [2.24, 2.45) is 0 Å². The number of fused-ring (bicyclic) bond motifs is 1. The fourth-order valence-corrected chi connectivity index (χ4v) is 1.77. The Kier molecular flexibility index (Phi) is 3.08. The zero-order chi connectivity index (χ0) is 9.64. The minimum absolute atomic E-state index is 0.684. The number of hydrogen-bond donors (Lipinski definition) is 1. The first-order valence-electron chi connectivity index (χ1n) is 4.37. The molecule has 1 N–H and O–H groups in total. The molecule has 1 aliphatic rings. The largest absolute Gasteiger partial charge is 0.485 e. The van der Waals surface area contributed by atoms with E-state index in [1.54, 1.807) is 11.3 Å². The molecule has 0 amide bonds. The summed E-state index contributed by atoms with van der Waals surface area (Å²) >= 11 is 1.58. The molecule has 0 aliphatic carbocycles. The first-order valence-corrected chi connectivity index (χ1v) is 5.25. The van der Waals surface area contributed by atoms with Crippen LogP contribution >= 0.6 is 11.3 Å². The Hall–Kier alpha value is -1.42. The third-order valence-corrected chi connectivity index (χ3v) is 2.47. The predicted octanol–water partition coefficient (Wildman–Crippen LogP) is 2.53. The molecule has 0 fully saturated rings. The number of ether oxygens (including phenoxy) is 2. The molecule has 14 heavy (non-hydrogen) atoms. The minimum Gasteiger partial charge on any atom is -0.485 e. The Morgan fingerprint density at radius 3 is 2.57 bits per heavy atom. The number of aromatic nitrogens is 1. The molecule has 0 atom stereocenters. The van der Waals surface area contributed by atoms with E-state index < -0.39 is 0 Å². The van der Waals surface area contributed by atoms with Crippen molar-refractivity contribution in [1.29, 1.82) is 0 Å². The van der Waals surface area contributed by atoms with Gasteiger partial charge in [-0.25, -0.2) is 0 Å². The molecule has 0 bridgehead atoms. The SMILES string of the molecule is c1cc2c(s1)OCCO2.c1cc[nH]c1. The summed E-state index contributed by atoms with van der Waals surface area (Å²) in [6.07, 6.45) is 3.75. The standard InChI is InChI=1S/C6H6O2S.C4H5N/c1-4-9-6-5(1)7-2-3-8-6;1-2-4-5-3-1/h1,4H,2-3H2;1-5H. The average Bonchev–Trinajstić information content (AvgIpc) is 2.92. The maximum Gasteiger partial charge on any atom is 0.217 e. The summed E-state index contributed by atoms with van der Waals surface area (Å²) in [6, 6.07) is 5.82. The number of thiophene rings is 1. The van der Waals surface area contributed by atoms with E-state index in [4.69, 9.17) is 9.47 Å². The van der Waals surface area contributed by atoms with Crippen LogP contribution < -0.4 is 9.47 Å². The lowest BCUT2D eigenvalue weighted by molar-refractivity contribution is 0.178. The molecule has 0 saturated carbocycles. The number of nitrogens with one attached hydrogen (secondary N) is 1. The Balaban J connectivity index is 0.000000128. The van der Waals surface area contributed by atoms with Gasteiger partial charge in [0, 0.05) is 12.4 Å². The lowest BCUT2D eigenvalue weighted by Crippen LogP contribution is -2.13. The molecular weight excluding hydrogens is 198 g/mol. The second kappa shape index (κ2) is 4.72. The Morgan fingerprint density at radius 1 is 1.14 bits per heavy atom. The van der Waals surface area contributed by atoms with Gasteiger partial charge in [0.15, 0.2) is 5.75 Å². The van der Waals surface area contributed by atoms with Gasteiger partial charge >= 0.3 is 0 Å². The highest BCUT2D eigenvalue weighted by atomic mass is 32.1. The summed E-state index contributed by atoms with van der Waals surface area (Å²) in [5.74, 6) is 0.895. The number of H-pyrrole nitrogens is 1. The highest BCUT2D eigenvalue weighted by Gasteiger charge is 2.10. The van der Waals surface area contributed by atoms with Gasteiger partial charge in [0.25, 0.3) is 0 Å². The van der Waals surface area contributed by atoms with E-state index >= 15 is 0 Å². The third-order valence-electron chi connectivity index (χ3n) is 1.67. The minimum atomic E-state index is 0.684. The fourth-order valence-electron chi connectivity index (χ4n) is 1.06. The van der Waals surface area contributed by atoms with Gasteiger partial charge in [-0.2, -0.15) is 0 Å². The van der Waals surface area contributed by atoms with E-state index in [0.29, 0.717) is 13.2 Å². The fraction of sp³-hybridized carbons (Fsp3) is 0.200. The summed E-state index contributed by atoms with van der Waals surface area (Å²) in [7, 11) is 0. The normalized spacial score (nSPS) is 12.9. The van der Waals surface area contributed by atoms with Crippen LogP contribution in [0.5, 0.6) is 10.8 Å². The van der Waals surface area contributed by atoms with Crippen molar-refractivity contribution >= 4 is 11.3 Å². The number of aromatic amines is 1. The molecule has 0 saturated heterocycles. The quantitative estimate of drug-likeness (QED) is 0.723. The smallest absolute Gasteiger partial charge is 0.217 e. The van der Waals surface area contributed by atoms with Gasteiger partial charge in [-0.3, -0.25) is 0 Å². The molecule has 2 aromatic heterocycles. The third kappa shape index (κ3) is 2.29. The topological polar surface area (TPSA) is 34.2 Å². The van der Waals surface area contributed by atoms with Gasteiger partial charge < -0.3 is 14.5 Å². The average molecular weight is 209 g/mol. The van der Waals surface area contributed by atoms with Crippen LogP contribution in [0.2, 0.25) is 0 Å². The van der Waals surface area contributed by atoms with Crippen LogP contribution in [0.4, 0.5) is 0 Å². The van der Waals surface area contributed by atoms with Crippen LogP contribution in [0.25, 0.3) is 0 Å². The maximum atomic E-state index is 5.26. The summed E-state index contributed by atoms with van der Waals surface area (Å²) in [5, 5.41) is 2.89. The zero-order valence-corrected chi connectivity index (χ0v) is 8.42. The molecule has 2 aromatic rings. The van der Waals surface area contributed by atoms with E-state index in [9.17, 15) is 0 Å². The van der Waals surface area contributed by atoms with Crippen molar-refractivity contribution in [1.82, 2.24) is 4.98 Å². The predicted molar refractivity (Wildman–Crippen MR) is 56.1 cm³/mol. The van der Waals surface area contributed by atoms with Crippen molar-refractivity contribution in [2.75, 3.05) is 13.2 Å². The highest BCUT2D eigenvalue weighted by Crippen LogP contribution is 2.35. The second-order valence-corrected chi connectivity index (χ2v) is 3.53. The van der Waals surface area contributed by atoms with Crippen LogP contribution in [0, 0.1) is 0 Å². The van der Waals surface area contributed by atoms with Crippen molar-refractivity contribution in [3.8, 4) is 10.8 Å². The summed E-state index contributed by atoms with van der Waals surface area (Å²) in [4.78, 5) is 2.86. The zero-order valence-electron chi connectivity index (χ0n) is 7.60. The molecule has 0 aromatic carbocycles. The van der Waals surface area contributed by atoms with E-state index in [1.807, 2.05) is 36.0 Å². The van der Waals surface area contributed by atoms with E-state index in [-0.39, 0.29) is 0 Å². The molecule has 0 radical (unpaired) electrons.